The summed E-state index contributed by atoms with van der Waals surface area (Å²) in [6.07, 6.45) is 52.8. The lowest BCUT2D eigenvalue weighted by atomic mass is 9.99. The Morgan fingerprint density at radius 1 is 0.289 bits per heavy atom. The number of hydrogen-bond donors (Lipinski definition) is 3. The SMILES string of the molecule is CCC(C)CCCCCCCCCCCCC(=O)O[C@H](COC(=O)CCCCCCCCCCC(C)CC)COP(=O)(O)OCC(O)COP(=O)(O)OC[C@@H](COC(=O)CCCCCCCCCC(C)C)OC(=O)CCCCCCCCCCCCCCCCCCCCC(C)C. The van der Waals surface area contributed by atoms with E-state index in [1.807, 2.05) is 0 Å². The van der Waals surface area contributed by atoms with Crippen LogP contribution in [-0.2, 0) is 65.4 Å². The molecule has 3 N–H and O–H groups in total. The summed E-state index contributed by atoms with van der Waals surface area (Å²) in [7, 11) is -9.92. The monoisotopic (exact) mass is 1420 g/mol. The Bertz CT molecular complexity index is 1910. The third-order valence-corrected chi connectivity index (χ3v) is 20.7. The smallest absolute Gasteiger partial charge is 0.462 e. The summed E-state index contributed by atoms with van der Waals surface area (Å²) in [4.78, 5) is 72.9. The van der Waals surface area contributed by atoms with Gasteiger partial charge in [0.05, 0.1) is 26.4 Å². The van der Waals surface area contributed by atoms with Crippen LogP contribution in [0.1, 0.15) is 396 Å². The van der Waals surface area contributed by atoms with E-state index in [1.54, 1.807) is 0 Å². The van der Waals surface area contributed by atoms with E-state index < -0.39 is 97.5 Å². The Labute approximate surface area is 594 Å². The minimum Gasteiger partial charge on any atom is -0.462 e. The molecule has 0 aromatic heterocycles. The minimum atomic E-state index is -4.96. The van der Waals surface area contributed by atoms with E-state index in [4.69, 9.17) is 37.0 Å². The van der Waals surface area contributed by atoms with Crippen molar-refractivity contribution < 1.29 is 80.2 Å². The second-order valence-electron chi connectivity index (χ2n) is 29.5. The molecule has 0 aliphatic heterocycles. The molecule has 0 radical (unpaired) electrons. The highest BCUT2D eigenvalue weighted by Gasteiger charge is 2.30. The maximum atomic E-state index is 13.1. The number of ether oxygens (including phenoxy) is 4. The number of unbranched alkanes of at least 4 members (excludes halogenated alkanes) is 39. The molecule has 0 aromatic rings. The van der Waals surface area contributed by atoms with Crippen LogP contribution in [0.2, 0.25) is 0 Å². The number of phosphoric ester groups is 2. The summed E-state index contributed by atoms with van der Waals surface area (Å²) in [5.74, 6) is 0.986. The maximum Gasteiger partial charge on any atom is 0.472 e. The Morgan fingerprint density at radius 3 is 0.732 bits per heavy atom. The zero-order chi connectivity index (χ0) is 71.7. The van der Waals surface area contributed by atoms with Gasteiger partial charge < -0.3 is 33.8 Å². The molecule has 0 fully saturated rings. The molecule has 0 aliphatic carbocycles. The van der Waals surface area contributed by atoms with Gasteiger partial charge in [0.25, 0.3) is 0 Å². The van der Waals surface area contributed by atoms with Gasteiger partial charge in [-0.2, -0.15) is 0 Å². The molecule has 0 heterocycles. The largest absolute Gasteiger partial charge is 0.472 e. The van der Waals surface area contributed by atoms with E-state index in [1.165, 1.54) is 193 Å². The highest BCUT2D eigenvalue weighted by Crippen LogP contribution is 2.45. The fraction of sp³-hybridized carbons (Fsp3) is 0.949. The van der Waals surface area contributed by atoms with Gasteiger partial charge in [-0.1, -0.05) is 344 Å². The fourth-order valence-corrected chi connectivity index (χ4v) is 13.4. The number of rotatable bonds is 75. The highest BCUT2D eigenvalue weighted by molar-refractivity contribution is 7.47. The Kier molecular flexibility index (Phi) is 65.9. The molecule has 7 atom stereocenters. The van der Waals surface area contributed by atoms with Crippen LogP contribution in [-0.4, -0.2) is 96.7 Å². The number of phosphoric acid groups is 2. The second kappa shape index (κ2) is 67.2. The van der Waals surface area contributed by atoms with Crippen LogP contribution in [0.5, 0.6) is 0 Å². The summed E-state index contributed by atoms with van der Waals surface area (Å²) in [5.41, 5.74) is 0. The molecular weight excluding hydrogens is 1270 g/mol. The van der Waals surface area contributed by atoms with E-state index >= 15 is 0 Å². The molecule has 0 saturated heterocycles. The van der Waals surface area contributed by atoms with Crippen LogP contribution in [0.15, 0.2) is 0 Å². The lowest BCUT2D eigenvalue weighted by Gasteiger charge is -2.21. The van der Waals surface area contributed by atoms with Crippen molar-refractivity contribution in [2.24, 2.45) is 23.7 Å². The van der Waals surface area contributed by atoms with Gasteiger partial charge in [0.2, 0.25) is 0 Å². The first-order chi connectivity index (χ1) is 46.7. The summed E-state index contributed by atoms with van der Waals surface area (Å²) in [6, 6.07) is 0. The van der Waals surface area contributed by atoms with Gasteiger partial charge in [-0.25, -0.2) is 9.13 Å². The molecule has 17 nitrogen and oxygen atoms in total. The molecule has 0 bridgehead atoms. The Morgan fingerprint density at radius 2 is 0.495 bits per heavy atom. The van der Waals surface area contributed by atoms with Crippen molar-refractivity contribution in [1.29, 1.82) is 0 Å². The van der Waals surface area contributed by atoms with E-state index in [0.717, 1.165) is 114 Å². The molecular formula is C78H152O17P2. The second-order valence-corrected chi connectivity index (χ2v) is 32.4. The van der Waals surface area contributed by atoms with Gasteiger partial charge in [-0.15, -0.1) is 0 Å². The minimum absolute atomic E-state index is 0.105. The van der Waals surface area contributed by atoms with Crippen molar-refractivity contribution in [3.63, 3.8) is 0 Å². The standard InChI is InChI=1S/C78H152O17P2/c1-9-70(7)56-48-40-32-24-21-22-26-36-45-53-61-78(83)94-73(64-88-75(80)58-50-42-34-28-27-33-41-49-57-71(8)10-2)66-92-96(84,85)90-62-72(79)63-91-97(86,87)93-67-74(65-89-76(81)59-51-43-37-29-31-39-47-55-69(5)6)95-77(82)60-52-44-35-25-20-18-16-14-12-11-13-15-17-19-23-30-38-46-54-68(3)4/h68-74,79H,9-67H2,1-8H3,(H,84,85)(H,86,87)/t70?,71?,72?,73-,74-/m1/s1. The first-order valence-corrected chi connectivity index (χ1v) is 43.3. The van der Waals surface area contributed by atoms with Crippen LogP contribution in [0.25, 0.3) is 0 Å². The van der Waals surface area contributed by atoms with Crippen molar-refractivity contribution in [2.45, 2.75) is 414 Å². The van der Waals surface area contributed by atoms with Crippen molar-refractivity contribution >= 4 is 39.5 Å². The predicted molar refractivity (Wildman–Crippen MR) is 395 cm³/mol. The van der Waals surface area contributed by atoms with Crippen molar-refractivity contribution in [3.05, 3.63) is 0 Å². The number of aliphatic hydroxyl groups excluding tert-OH is 1. The summed E-state index contributed by atoms with van der Waals surface area (Å²) < 4.78 is 68.6. The number of carbonyl (C=O) groups excluding carboxylic acids is 4. The van der Waals surface area contributed by atoms with E-state index in [2.05, 4.69) is 55.4 Å². The average Bonchev–Trinajstić information content (AvgIpc) is 0.980. The molecule has 19 heteroatoms. The average molecular weight is 1420 g/mol. The lowest BCUT2D eigenvalue weighted by Crippen LogP contribution is -2.30. The molecule has 5 unspecified atom stereocenters. The highest BCUT2D eigenvalue weighted by atomic mass is 31.2. The Hall–Kier alpha value is -1.94. The van der Waals surface area contributed by atoms with Crippen LogP contribution >= 0.6 is 15.6 Å². The molecule has 0 rings (SSSR count). The third kappa shape index (κ3) is 69.5. The molecule has 0 spiro atoms. The zero-order valence-corrected chi connectivity index (χ0v) is 65.5. The maximum absolute atomic E-state index is 13.1. The van der Waals surface area contributed by atoms with E-state index in [0.29, 0.717) is 31.6 Å². The molecule has 576 valence electrons. The van der Waals surface area contributed by atoms with Gasteiger partial charge in [-0.3, -0.25) is 37.3 Å². The third-order valence-electron chi connectivity index (χ3n) is 18.8. The lowest BCUT2D eigenvalue weighted by molar-refractivity contribution is -0.161. The molecule has 0 amide bonds. The quantitative estimate of drug-likeness (QED) is 0.0222. The van der Waals surface area contributed by atoms with Gasteiger partial charge >= 0.3 is 39.5 Å². The van der Waals surface area contributed by atoms with Crippen LogP contribution < -0.4 is 0 Å². The fourth-order valence-electron chi connectivity index (χ4n) is 11.8. The first-order valence-electron chi connectivity index (χ1n) is 40.3. The van der Waals surface area contributed by atoms with E-state index in [9.17, 15) is 43.2 Å². The molecule has 0 saturated carbocycles. The molecule has 97 heavy (non-hydrogen) atoms. The van der Waals surface area contributed by atoms with Crippen LogP contribution in [0.4, 0.5) is 0 Å². The van der Waals surface area contributed by atoms with E-state index in [-0.39, 0.29) is 25.7 Å². The predicted octanol–water partition coefficient (Wildman–Crippen LogP) is 22.8. The van der Waals surface area contributed by atoms with Crippen LogP contribution in [0, 0.1) is 23.7 Å². The number of aliphatic hydroxyl groups is 1. The topological polar surface area (TPSA) is 237 Å². The summed E-state index contributed by atoms with van der Waals surface area (Å²) in [6.45, 7) is 14.2. The van der Waals surface area contributed by atoms with Gasteiger partial charge in [0, 0.05) is 25.7 Å². The van der Waals surface area contributed by atoms with Crippen molar-refractivity contribution in [3.8, 4) is 0 Å². The normalized spacial score (nSPS) is 14.6. The number of carbonyl (C=O) groups is 4. The van der Waals surface area contributed by atoms with Gasteiger partial charge in [0.1, 0.15) is 19.3 Å². The van der Waals surface area contributed by atoms with Gasteiger partial charge in [0.15, 0.2) is 12.2 Å². The summed E-state index contributed by atoms with van der Waals surface area (Å²) >= 11 is 0. The molecule has 0 aromatic carbocycles. The van der Waals surface area contributed by atoms with Crippen LogP contribution in [0.3, 0.4) is 0 Å². The van der Waals surface area contributed by atoms with Crippen molar-refractivity contribution in [2.75, 3.05) is 39.6 Å². The summed E-state index contributed by atoms with van der Waals surface area (Å²) in [5, 5.41) is 10.6. The number of esters is 4. The zero-order valence-electron chi connectivity index (χ0n) is 63.7. The van der Waals surface area contributed by atoms with Gasteiger partial charge in [-0.05, 0) is 49.4 Å². The number of hydrogen-bond acceptors (Lipinski definition) is 15. The van der Waals surface area contributed by atoms with Crippen molar-refractivity contribution in [1.82, 2.24) is 0 Å². The first kappa shape index (κ1) is 95.1. The Balaban J connectivity index is 5.20. The molecule has 0 aliphatic rings.